The minimum atomic E-state index is -0.977. The Kier molecular flexibility index (Phi) is 3.37. The van der Waals surface area contributed by atoms with Crippen molar-refractivity contribution in [3.63, 3.8) is 0 Å². The van der Waals surface area contributed by atoms with Crippen molar-refractivity contribution < 1.29 is 14.4 Å². The van der Waals surface area contributed by atoms with Gasteiger partial charge in [-0.2, -0.15) is 0 Å². The lowest BCUT2D eigenvalue weighted by atomic mass is 10.1. The summed E-state index contributed by atoms with van der Waals surface area (Å²) in [6, 6.07) is 12.7. The first-order valence-corrected chi connectivity index (χ1v) is 6.54. The molecule has 1 aromatic heterocycles. The Morgan fingerprint density at radius 3 is 2.71 bits per heavy atom. The quantitative estimate of drug-likeness (QED) is 0.584. The molecule has 6 heteroatoms. The number of hydrogen-bond donors (Lipinski definition) is 1. The van der Waals surface area contributed by atoms with Gasteiger partial charge in [-0.3, -0.25) is 10.1 Å². The average Bonchev–Trinajstić information content (AvgIpc) is 2.89. The highest BCUT2D eigenvalue weighted by Gasteiger charge is 2.17. The van der Waals surface area contributed by atoms with Gasteiger partial charge in [-0.1, -0.05) is 23.7 Å². The van der Waals surface area contributed by atoms with E-state index in [-0.39, 0.29) is 5.69 Å². The number of hydrogen-bond acceptors (Lipinski definition) is 4. The Labute approximate surface area is 124 Å². The minimum Gasteiger partial charge on any atom is -0.458 e. The SMILES string of the molecule is O=[N+]([O-])c1ccc2oc([C@H](O)c3cccc(Cl)c3)cc2c1. The Morgan fingerprint density at radius 2 is 2.00 bits per heavy atom. The molecule has 1 atom stereocenters. The molecule has 0 aliphatic rings. The molecule has 0 radical (unpaired) electrons. The number of furan rings is 1. The number of non-ortho nitro benzene ring substituents is 1. The fourth-order valence-corrected chi connectivity index (χ4v) is 2.34. The Balaban J connectivity index is 2.02. The van der Waals surface area contributed by atoms with Crippen LogP contribution in [0, 0.1) is 10.1 Å². The standard InChI is InChI=1S/C15H10ClNO4/c16-11-3-1-2-9(6-11)15(18)14-8-10-7-12(17(19)20)4-5-13(10)21-14/h1-8,15,18H/t15-/m1/s1. The number of rotatable bonds is 3. The molecule has 0 fully saturated rings. The molecule has 0 bridgehead atoms. The van der Waals surface area contributed by atoms with Crippen LogP contribution in [-0.4, -0.2) is 10.0 Å². The summed E-state index contributed by atoms with van der Waals surface area (Å²) in [5.41, 5.74) is 1.06. The number of nitrogens with zero attached hydrogens (tertiary/aromatic N) is 1. The van der Waals surface area contributed by atoms with Crippen molar-refractivity contribution >= 4 is 28.3 Å². The van der Waals surface area contributed by atoms with Crippen LogP contribution in [0.25, 0.3) is 11.0 Å². The summed E-state index contributed by atoms with van der Waals surface area (Å²) in [6.07, 6.45) is -0.977. The molecule has 0 amide bonds. The zero-order valence-corrected chi connectivity index (χ0v) is 11.4. The number of aliphatic hydroxyl groups excluding tert-OH is 1. The van der Waals surface area contributed by atoms with E-state index in [0.29, 0.717) is 27.3 Å². The van der Waals surface area contributed by atoms with Gasteiger partial charge in [-0.15, -0.1) is 0 Å². The van der Waals surface area contributed by atoms with Gasteiger partial charge in [0.2, 0.25) is 0 Å². The average molecular weight is 304 g/mol. The smallest absolute Gasteiger partial charge is 0.270 e. The molecule has 3 aromatic rings. The second kappa shape index (κ2) is 5.20. The highest BCUT2D eigenvalue weighted by Crippen LogP contribution is 2.30. The van der Waals surface area contributed by atoms with Crippen molar-refractivity contribution in [1.82, 2.24) is 0 Å². The molecule has 0 spiro atoms. The zero-order chi connectivity index (χ0) is 15.0. The lowest BCUT2D eigenvalue weighted by Gasteiger charge is -2.07. The molecule has 0 saturated heterocycles. The fourth-order valence-electron chi connectivity index (χ4n) is 2.14. The van der Waals surface area contributed by atoms with Crippen LogP contribution in [0.4, 0.5) is 5.69 Å². The molecule has 0 aliphatic heterocycles. The largest absolute Gasteiger partial charge is 0.458 e. The number of benzene rings is 2. The maximum Gasteiger partial charge on any atom is 0.270 e. The van der Waals surface area contributed by atoms with Crippen LogP contribution in [0.3, 0.4) is 0 Å². The minimum absolute atomic E-state index is 0.0212. The third-order valence-electron chi connectivity index (χ3n) is 3.16. The fraction of sp³-hybridized carbons (Fsp3) is 0.0667. The summed E-state index contributed by atoms with van der Waals surface area (Å²) < 4.78 is 5.54. The van der Waals surface area contributed by atoms with Gasteiger partial charge in [0.25, 0.3) is 5.69 Å². The van der Waals surface area contributed by atoms with Crippen LogP contribution in [0.15, 0.2) is 52.9 Å². The predicted octanol–water partition coefficient (Wildman–Crippen LogP) is 4.08. The Hall–Kier alpha value is -2.37. The Bertz CT molecular complexity index is 827. The van der Waals surface area contributed by atoms with Crippen LogP contribution in [0.1, 0.15) is 17.4 Å². The zero-order valence-electron chi connectivity index (χ0n) is 10.7. The predicted molar refractivity (Wildman–Crippen MR) is 78.4 cm³/mol. The number of halogens is 1. The van der Waals surface area contributed by atoms with Crippen molar-refractivity contribution in [2.24, 2.45) is 0 Å². The van der Waals surface area contributed by atoms with Gasteiger partial charge in [-0.25, -0.2) is 0 Å². The highest BCUT2D eigenvalue weighted by atomic mass is 35.5. The molecule has 0 aliphatic carbocycles. The first-order valence-electron chi connectivity index (χ1n) is 6.16. The van der Waals surface area contributed by atoms with Crippen LogP contribution in [0.2, 0.25) is 5.02 Å². The first-order chi connectivity index (χ1) is 10.0. The van der Waals surface area contributed by atoms with E-state index in [2.05, 4.69) is 0 Å². The van der Waals surface area contributed by atoms with Crippen molar-refractivity contribution in [1.29, 1.82) is 0 Å². The summed E-state index contributed by atoms with van der Waals surface area (Å²) >= 11 is 5.89. The molecular weight excluding hydrogens is 294 g/mol. The van der Waals surface area contributed by atoms with Crippen molar-refractivity contribution in [3.8, 4) is 0 Å². The number of nitro benzene ring substituents is 1. The van der Waals surface area contributed by atoms with Gasteiger partial charge in [0.05, 0.1) is 4.92 Å². The molecule has 1 N–H and O–H groups in total. The molecular formula is C15H10ClNO4. The summed E-state index contributed by atoms with van der Waals surface area (Å²) in [5, 5.41) is 22.1. The number of nitro groups is 1. The molecule has 5 nitrogen and oxygen atoms in total. The van der Waals surface area contributed by atoms with E-state index in [1.807, 2.05) is 0 Å². The van der Waals surface area contributed by atoms with Crippen molar-refractivity contribution in [2.45, 2.75) is 6.10 Å². The third kappa shape index (κ3) is 2.61. The monoisotopic (exact) mass is 303 g/mol. The molecule has 21 heavy (non-hydrogen) atoms. The molecule has 0 unspecified atom stereocenters. The molecule has 1 heterocycles. The topological polar surface area (TPSA) is 76.5 Å². The van der Waals surface area contributed by atoms with Gasteiger partial charge in [0.15, 0.2) is 0 Å². The van der Waals surface area contributed by atoms with Gasteiger partial charge < -0.3 is 9.52 Å². The van der Waals surface area contributed by atoms with Gasteiger partial charge in [0.1, 0.15) is 17.4 Å². The molecule has 3 rings (SSSR count). The Morgan fingerprint density at radius 1 is 1.19 bits per heavy atom. The molecule has 106 valence electrons. The van der Waals surface area contributed by atoms with E-state index in [0.717, 1.165) is 0 Å². The van der Waals surface area contributed by atoms with Crippen molar-refractivity contribution in [3.05, 3.63) is 75.0 Å². The van der Waals surface area contributed by atoms with Crippen molar-refractivity contribution in [2.75, 3.05) is 0 Å². The first kappa shape index (κ1) is 13.6. The van der Waals surface area contributed by atoms with E-state index in [4.69, 9.17) is 16.0 Å². The van der Waals surface area contributed by atoms with E-state index in [1.54, 1.807) is 30.3 Å². The number of aliphatic hydroxyl groups is 1. The number of fused-ring (bicyclic) bond motifs is 1. The maximum atomic E-state index is 10.8. The summed E-state index contributed by atoms with van der Waals surface area (Å²) in [4.78, 5) is 10.3. The molecule has 0 saturated carbocycles. The van der Waals surface area contributed by atoms with Gasteiger partial charge >= 0.3 is 0 Å². The second-order valence-corrected chi connectivity index (χ2v) is 5.02. The van der Waals surface area contributed by atoms with E-state index >= 15 is 0 Å². The van der Waals surface area contributed by atoms with Gasteiger partial charge in [-0.05, 0) is 29.8 Å². The van der Waals surface area contributed by atoms with Crippen LogP contribution < -0.4 is 0 Å². The van der Waals surface area contributed by atoms with Gasteiger partial charge in [0, 0.05) is 22.5 Å². The summed E-state index contributed by atoms with van der Waals surface area (Å²) in [5.74, 6) is 0.313. The van der Waals surface area contributed by atoms with E-state index in [9.17, 15) is 15.2 Å². The van der Waals surface area contributed by atoms with E-state index < -0.39 is 11.0 Å². The van der Waals surface area contributed by atoms with Crippen LogP contribution >= 0.6 is 11.6 Å². The second-order valence-electron chi connectivity index (χ2n) is 4.59. The molecule has 2 aromatic carbocycles. The third-order valence-corrected chi connectivity index (χ3v) is 3.40. The lowest BCUT2D eigenvalue weighted by molar-refractivity contribution is -0.384. The van der Waals surface area contributed by atoms with Crippen LogP contribution in [-0.2, 0) is 0 Å². The lowest BCUT2D eigenvalue weighted by Crippen LogP contribution is -1.97. The normalized spacial score (nSPS) is 12.5. The van der Waals surface area contributed by atoms with E-state index in [1.165, 1.54) is 18.2 Å². The maximum absolute atomic E-state index is 10.8. The highest BCUT2D eigenvalue weighted by molar-refractivity contribution is 6.30. The summed E-state index contributed by atoms with van der Waals surface area (Å²) in [7, 11) is 0. The summed E-state index contributed by atoms with van der Waals surface area (Å²) in [6.45, 7) is 0. The van der Waals surface area contributed by atoms with Crippen LogP contribution in [0.5, 0.6) is 0 Å².